The number of rotatable bonds is 6. The van der Waals surface area contributed by atoms with E-state index in [1.807, 2.05) is 47.2 Å². The number of fused-ring (bicyclic) bond motifs is 1. The third-order valence-electron chi connectivity index (χ3n) is 4.42. The second-order valence-electron chi connectivity index (χ2n) is 7.14. The van der Waals surface area contributed by atoms with Crippen molar-refractivity contribution < 1.29 is 14.3 Å². The molecule has 0 fully saturated rings. The fourth-order valence-electron chi connectivity index (χ4n) is 3.26. The Morgan fingerprint density at radius 3 is 2.89 bits per heavy atom. The number of carbonyl (C=O) groups is 1. The van der Waals surface area contributed by atoms with Crippen LogP contribution in [-0.4, -0.2) is 18.1 Å². The van der Waals surface area contributed by atoms with Crippen LogP contribution in [0.1, 0.15) is 35.9 Å². The Morgan fingerprint density at radius 2 is 2.15 bits per heavy atom. The SMILES string of the molecule is CC1(C)Cc2cccc(OCC(=O)N[C@H](c3ccsc3)c3cccs3)c2O1. The molecule has 6 heteroatoms. The highest BCUT2D eigenvalue weighted by molar-refractivity contribution is 7.10. The maximum Gasteiger partial charge on any atom is 0.258 e. The molecule has 3 heterocycles. The summed E-state index contributed by atoms with van der Waals surface area (Å²) in [4.78, 5) is 13.7. The maximum absolute atomic E-state index is 12.6. The van der Waals surface area contributed by atoms with Crippen LogP contribution >= 0.6 is 22.7 Å². The zero-order valence-electron chi connectivity index (χ0n) is 15.2. The summed E-state index contributed by atoms with van der Waals surface area (Å²) >= 11 is 3.25. The number of benzene rings is 1. The molecule has 0 spiro atoms. The molecular weight excluding hydrogens is 378 g/mol. The fourth-order valence-corrected chi connectivity index (χ4v) is 4.75. The molecule has 0 saturated carbocycles. The van der Waals surface area contributed by atoms with Crippen molar-refractivity contribution in [2.45, 2.75) is 31.9 Å². The first-order valence-electron chi connectivity index (χ1n) is 8.80. The highest BCUT2D eigenvalue weighted by atomic mass is 32.1. The van der Waals surface area contributed by atoms with Crippen molar-refractivity contribution in [1.29, 1.82) is 0 Å². The van der Waals surface area contributed by atoms with E-state index in [1.165, 1.54) is 0 Å². The van der Waals surface area contributed by atoms with Gasteiger partial charge in [0.2, 0.25) is 0 Å². The Hall–Kier alpha value is -2.31. The van der Waals surface area contributed by atoms with Gasteiger partial charge < -0.3 is 14.8 Å². The minimum atomic E-state index is -0.243. The highest BCUT2D eigenvalue weighted by Gasteiger charge is 2.32. The molecule has 1 N–H and O–H groups in total. The first kappa shape index (κ1) is 18.1. The van der Waals surface area contributed by atoms with Crippen LogP contribution in [0.4, 0.5) is 0 Å². The topological polar surface area (TPSA) is 47.6 Å². The average molecular weight is 400 g/mol. The van der Waals surface area contributed by atoms with Gasteiger partial charge in [0.25, 0.3) is 5.91 Å². The summed E-state index contributed by atoms with van der Waals surface area (Å²) in [7, 11) is 0. The molecule has 1 amide bonds. The lowest BCUT2D eigenvalue weighted by Gasteiger charge is -2.19. The second-order valence-corrected chi connectivity index (χ2v) is 8.90. The Morgan fingerprint density at radius 1 is 1.26 bits per heavy atom. The molecular formula is C21H21NO3S2. The summed E-state index contributed by atoms with van der Waals surface area (Å²) in [5.74, 6) is 1.22. The van der Waals surface area contributed by atoms with E-state index in [-0.39, 0.29) is 24.2 Å². The van der Waals surface area contributed by atoms with E-state index in [0.29, 0.717) is 5.75 Å². The summed E-state index contributed by atoms with van der Waals surface area (Å²) in [6.45, 7) is 4.05. The predicted octanol–water partition coefficient (Wildman–Crippen LogP) is 4.81. The molecule has 0 saturated heterocycles. The van der Waals surface area contributed by atoms with Gasteiger partial charge in [-0.1, -0.05) is 18.2 Å². The molecule has 4 nitrogen and oxygen atoms in total. The Bertz CT molecular complexity index is 883. The van der Waals surface area contributed by atoms with Crippen LogP contribution in [0.5, 0.6) is 11.5 Å². The molecule has 1 aliphatic rings. The van der Waals surface area contributed by atoms with Crippen molar-refractivity contribution in [3.05, 3.63) is 68.5 Å². The number of hydrogen-bond acceptors (Lipinski definition) is 5. The van der Waals surface area contributed by atoms with Gasteiger partial charge in [0.05, 0.1) is 6.04 Å². The monoisotopic (exact) mass is 399 g/mol. The zero-order chi connectivity index (χ0) is 18.9. The lowest BCUT2D eigenvalue weighted by molar-refractivity contribution is -0.123. The third kappa shape index (κ3) is 4.01. The summed E-state index contributed by atoms with van der Waals surface area (Å²) in [5, 5.41) is 9.19. The van der Waals surface area contributed by atoms with Crippen LogP contribution in [-0.2, 0) is 11.2 Å². The van der Waals surface area contributed by atoms with Gasteiger partial charge in [-0.2, -0.15) is 11.3 Å². The van der Waals surface area contributed by atoms with Crippen LogP contribution < -0.4 is 14.8 Å². The lowest BCUT2D eigenvalue weighted by atomic mass is 10.0. The van der Waals surface area contributed by atoms with Gasteiger partial charge in [-0.05, 0) is 53.8 Å². The smallest absolute Gasteiger partial charge is 0.258 e. The Labute approximate surface area is 166 Å². The van der Waals surface area contributed by atoms with Crippen molar-refractivity contribution in [2.75, 3.05) is 6.61 Å². The van der Waals surface area contributed by atoms with E-state index in [1.54, 1.807) is 22.7 Å². The number of amides is 1. The molecule has 140 valence electrons. The van der Waals surface area contributed by atoms with Gasteiger partial charge >= 0.3 is 0 Å². The first-order valence-corrected chi connectivity index (χ1v) is 10.6. The van der Waals surface area contributed by atoms with Crippen LogP contribution in [0.2, 0.25) is 0 Å². The average Bonchev–Trinajstić information content (AvgIpc) is 3.37. The molecule has 2 aromatic heterocycles. The summed E-state index contributed by atoms with van der Waals surface area (Å²) in [5.41, 5.74) is 1.96. The second kappa shape index (κ2) is 7.37. The number of nitrogens with one attached hydrogen (secondary N) is 1. The van der Waals surface area contributed by atoms with Gasteiger partial charge in [0.15, 0.2) is 18.1 Å². The Kier molecular flexibility index (Phi) is 4.93. The molecule has 3 aromatic rings. The minimum absolute atomic E-state index is 0.0494. The summed E-state index contributed by atoms with van der Waals surface area (Å²) < 4.78 is 11.8. The molecule has 0 bridgehead atoms. The molecule has 27 heavy (non-hydrogen) atoms. The van der Waals surface area contributed by atoms with Gasteiger partial charge in [0, 0.05) is 16.9 Å². The molecule has 0 aliphatic carbocycles. The highest BCUT2D eigenvalue weighted by Crippen LogP contribution is 2.41. The molecule has 1 aromatic carbocycles. The first-order chi connectivity index (χ1) is 13.0. The standard InChI is InChI=1S/C21H21NO3S2/c1-21(2)11-14-5-3-6-16(20(14)25-21)24-12-18(23)22-19(15-8-10-26-13-15)17-7-4-9-27-17/h3-10,13,19H,11-12H2,1-2H3,(H,22,23)/t19-/m1/s1. The number of thiophene rings is 2. The third-order valence-corrected chi connectivity index (χ3v) is 6.06. The van der Waals surface area contributed by atoms with E-state index in [2.05, 4.69) is 24.5 Å². The van der Waals surface area contributed by atoms with E-state index in [0.717, 1.165) is 28.2 Å². The van der Waals surface area contributed by atoms with Crippen molar-refractivity contribution >= 4 is 28.6 Å². The fraction of sp³-hybridized carbons (Fsp3) is 0.286. The summed E-state index contributed by atoms with van der Waals surface area (Å²) in [6.07, 6.45) is 0.838. The van der Waals surface area contributed by atoms with Gasteiger partial charge in [0.1, 0.15) is 5.60 Å². The molecule has 1 atom stereocenters. The van der Waals surface area contributed by atoms with Crippen LogP contribution in [0.3, 0.4) is 0 Å². The van der Waals surface area contributed by atoms with E-state index in [9.17, 15) is 4.79 Å². The molecule has 0 unspecified atom stereocenters. The van der Waals surface area contributed by atoms with Crippen LogP contribution in [0.15, 0.2) is 52.5 Å². The lowest BCUT2D eigenvalue weighted by Crippen LogP contribution is -2.32. The number of ether oxygens (including phenoxy) is 2. The zero-order valence-corrected chi connectivity index (χ0v) is 16.9. The van der Waals surface area contributed by atoms with Crippen molar-refractivity contribution in [1.82, 2.24) is 5.32 Å². The molecule has 4 rings (SSSR count). The van der Waals surface area contributed by atoms with E-state index in [4.69, 9.17) is 9.47 Å². The number of para-hydroxylation sites is 1. The predicted molar refractivity (Wildman–Crippen MR) is 109 cm³/mol. The molecule has 1 aliphatic heterocycles. The normalized spacial score (nSPS) is 15.6. The van der Waals surface area contributed by atoms with Gasteiger partial charge in [-0.3, -0.25) is 4.79 Å². The maximum atomic E-state index is 12.6. The largest absolute Gasteiger partial charge is 0.483 e. The summed E-state index contributed by atoms with van der Waals surface area (Å²) in [6, 6.07) is 11.8. The van der Waals surface area contributed by atoms with Crippen LogP contribution in [0, 0.1) is 0 Å². The Balaban J connectivity index is 1.44. The van der Waals surface area contributed by atoms with Crippen LogP contribution in [0.25, 0.3) is 0 Å². The minimum Gasteiger partial charge on any atom is -0.483 e. The van der Waals surface area contributed by atoms with Crippen molar-refractivity contribution in [3.8, 4) is 11.5 Å². The number of carbonyl (C=O) groups excluding carboxylic acids is 1. The van der Waals surface area contributed by atoms with Gasteiger partial charge in [-0.15, -0.1) is 11.3 Å². The van der Waals surface area contributed by atoms with Crippen molar-refractivity contribution in [3.63, 3.8) is 0 Å². The molecule has 0 radical (unpaired) electrons. The van der Waals surface area contributed by atoms with E-state index >= 15 is 0 Å². The quantitative estimate of drug-likeness (QED) is 0.647. The van der Waals surface area contributed by atoms with E-state index < -0.39 is 0 Å². The van der Waals surface area contributed by atoms with Crippen molar-refractivity contribution in [2.24, 2.45) is 0 Å². The van der Waals surface area contributed by atoms with Gasteiger partial charge in [-0.25, -0.2) is 0 Å². The number of hydrogen-bond donors (Lipinski definition) is 1.